The number of para-hydroxylation sites is 8. The van der Waals surface area contributed by atoms with Crippen LogP contribution in [-0.2, 0) is 0 Å². The lowest BCUT2D eigenvalue weighted by atomic mass is 9.93. The topological polar surface area (TPSA) is 84.2 Å². The summed E-state index contributed by atoms with van der Waals surface area (Å²) in [5.41, 5.74) is 28.4. The first-order chi connectivity index (χ1) is 58.6. The van der Waals surface area contributed by atoms with Crippen LogP contribution in [0.15, 0.2) is 431 Å². The molecule has 552 valence electrons. The summed E-state index contributed by atoms with van der Waals surface area (Å²) in [7, 11) is 0. The summed E-state index contributed by atoms with van der Waals surface area (Å²) >= 11 is 0. The van der Waals surface area contributed by atoms with Crippen LogP contribution in [0.1, 0.15) is 0 Å². The lowest BCUT2D eigenvalue weighted by molar-refractivity contribution is 1.07. The van der Waals surface area contributed by atoms with E-state index in [0.29, 0.717) is 23.3 Å². The molecule has 0 amide bonds. The van der Waals surface area contributed by atoms with Crippen LogP contribution in [0.4, 0.5) is 0 Å². The standard InChI is InChI=1S/C57H37N5.C52H34N4/c1-5-17-39(18-6-1)55-58-56(40-19-7-2-8-20-40)60-57(59-55)41-31-29-38(30-32-41)46-35-34-45(53-48-26-14-16-28-51(48)62(54(46)53)44-23-11-4-12-24-44)42-33-36-52-49(37-42)47-25-13-15-27-50(47)61(52)43-21-9-3-10-22-43;1-5-17-35(18-6-1)45-34-46(54-52(53-45)36-19-7-2-8-20-36)42-31-30-40(50-43-26-14-16-28-48(43)56(51(42)50)39-23-11-4-12-24-39)37-29-32-49-44(33-37)41-25-13-15-27-47(41)55(49)38-21-9-3-10-22-38/h1-37H;1-34H. The van der Waals surface area contributed by atoms with Crippen molar-refractivity contribution in [3.63, 3.8) is 0 Å². The quantitative estimate of drug-likeness (QED) is 0.115. The molecule has 23 aromatic rings. The molecule has 6 aromatic heterocycles. The van der Waals surface area contributed by atoms with Crippen LogP contribution in [0, 0.1) is 0 Å². The number of fused-ring (bicyclic) bond motifs is 12. The van der Waals surface area contributed by atoms with Crippen LogP contribution in [0.25, 0.3) is 211 Å². The smallest absolute Gasteiger partial charge is 0.164 e. The summed E-state index contributed by atoms with van der Waals surface area (Å²) in [6, 6.07) is 153. The Morgan fingerprint density at radius 3 is 0.831 bits per heavy atom. The summed E-state index contributed by atoms with van der Waals surface area (Å²) in [4.78, 5) is 25.4. The SMILES string of the molecule is c1ccc(-c2cc(-c3ccc(-c4ccc5c(c4)c4ccccc4n5-c4ccccc4)c4c5ccccc5n(-c5ccccc5)c34)nc(-c3ccccc3)n2)cc1.c1ccc(-c2nc(-c3ccccc3)nc(-c3ccc(-c4ccc(-c5ccc6c(c5)c5ccccc5n6-c5ccccc5)c5c6ccccc6n(-c6ccccc6)c45)cc3)n2)cc1. The van der Waals surface area contributed by atoms with Gasteiger partial charge in [-0.25, -0.2) is 24.9 Å². The number of hydrogen-bond acceptors (Lipinski definition) is 5. The Morgan fingerprint density at radius 2 is 0.424 bits per heavy atom. The maximum atomic E-state index is 5.34. The molecule has 0 saturated carbocycles. The second kappa shape index (κ2) is 29.2. The van der Waals surface area contributed by atoms with Gasteiger partial charge in [-0.2, -0.15) is 0 Å². The van der Waals surface area contributed by atoms with E-state index in [4.69, 9.17) is 24.9 Å². The van der Waals surface area contributed by atoms with Crippen molar-refractivity contribution in [3.05, 3.63) is 431 Å². The van der Waals surface area contributed by atoms with Gasteiger partial charge in [0.2, 0.25) is 0 Å². The Bertz CT molecular complexity index is 7620. The average molecular weight is 1510 g/mol. The zero-order chi connectivity index (χ0) is 78.0. The molecule has 6 heterocycles. The van der Waals surface area contributed by atoms with Crippen molar-refractivity contribution >= 4 is 87.2 Å². The van der Waals surface area contributed by atoms with Crippen molar-refractivity contribution in [1.29, 1.82) is 0 Å². The van der Waals surface area contributed by atoms with Gasteiger partial charge in [-0.05, 0) is 131 Å². The van der Waals surface area contributed by atoms with Gasteiger partial charge in [-0.3, -0.25) is 0 Å². The molecule has 0 aliphatic carbocycles. The molecule has 0 fully saturated rings. The summed E-state index contributed by atoms with van der Waals surface area (Å²) in [6.45, 7) is 0. The van der Waals surface area contributed by atoms with Crippen molar-refractivity contribution in [2.45, 2.75) is 0 Å². The molecule has 0 saturated heterocycles. The third kappa shape index (κ3) is 12.0. The minimum Gasteiger partial charge on any atom is -0.309 e. The fourth-order valence-corrected chi connectivity index (χ4v) is 17.6. The highest BCUT2D eigenvalue weighted by molar-refractivity contribution is 6.23. The molecule has 0 N–H and O–H groups in total. The van der Waals surface area contributed by atoms with E-state index in [0.717, 1.165) is 101 Å². The maximum absolute atomic E-state index is 5.34. The molecule has 0 unspecified atom stereocenters. The number of rotatable bonds is 13. The molecule has 9 nitrogen and oxygen atoms in total. The van der Waals surface area contributed by atoms with Gasteiger partial charge >= 0.3 is 0 Å². The lowest BCUT2D eigenvalue weighted by Crippen LogP contribution is -2.00. The van der Waals surface area contributed by atoms with Gasteiger partial charge in [0.05, 0.1) is 55.5 Å². The zero-order valence-electron chi connectivity index (χ0n) is 64.0. The van der Waals surface area contributed by atoms with Gasteiger partial charge in [0, 0.05) is 105 Å². The van der Waals surface area contributed by atoms with E-state index in [2.05, 4.69) is 364 Å². The van der Waals surface area contributed by atoms with Gasteiger partial charge in [0.25, 0.3) is 0 Å². The Kier molecular flexibility index (Phi) is 17.0. The van der Waals surface area contributed by atoms with Gasteiger partial charge in [0.15, 0.2) is 23.3 Å². The number of hydrogen-bond donors (Lipinski definition) is 0. The largest absolute Gasteiger partial charge is 0.309 e. The van der Waals surface area contributed by atoms with Crippen LogP contribution >= 0.6 is 0 Å². The summed E-state index contributed by atoms with van der Waals surface area (Å²) < 4.78 is 9.59. The van der Waals surface area contributed by atoms with E-state index in [1.54, 1.807) is 0 Å². The van der Waals surface area contributed by atoms with Crippen LogP contribution < -0.4 is 0 Å². The van der Waals surface area contributed by atoms with Crippen LogP contribution in [-0.4, -0.2) is 43.2 Å². The van der Waals surface area contributed by atoms with Crippen molar-refractivity contribution in [1.82, 2.24) is 43.2 Å². The second-order valence-corrected chi connectivity index (χ2v) is 29.8. The molecule has 9 heteroatoms. The van der Waals surface area contributed by atoms with E-state index in [-0.39, 0.29) is 0 Å². The third-order valence-corrected chi connectivity index (χ3v) is 22.9. The van der Waals surface area contributed by atoms with E-state index in [9.17, 15) is 0 Å². The fraction of sp³-hybridized carbons (Fsp3) is 0. The minimum atomic E-state index is 0.632. The highest BCUT2D eigenvalue weighted by Gasteiger charge is 2.26. The molecule has 0 aliphatic rings. The van der Waals surface area contributed by atoms with Gasteiger partial charge in [0.1, 0.15) is 0 Å². The first kappa shape index (κ1) is 68.8. The molecule has 0 spiro atoms. The Balaban J connectivity index is 0.000000143. The fourth-order valence-electron chi connectivity index (χ4n) is 17.6. The minimum absolute atomic E-state index is 0.632. The molecule has 118 heavy (non-hydrogen) atoms. The lowest BCUT2D eigenvalue weighted by Gasteiger charge is -2.15. The molecule has 17 aromatic carbocycles. The van der Waals surface area contributed by atoms with Gasteiger partial charge in [-0.1, -0.05) is 328 Å². The van der Waals surface area contributed by atoms with Crippen LogP contribution in [0.5, 0.6) is 0 Å². The predicted octanol–water partition coefficient (Wildman–Crippen LogP) is 27.7. The van der Waals surface area contributed by atoms with Crippen molar-refractivity contribution in [3.8, 4) is 124 Å². The zero-order valence-corrected chi connectivity index (χ0v) is 64.0. The second-order valence-electron chi connectivity index (χ2n) is 29.8. The average Bonchev–Trinajstić information content (AvgIpc) is 1.56. The van der Waals surface area contributed by atoms with Crippen molar-refractivity contribution < 1.29 is 0 Å². The predicted molar refractivity (Wildman–Crippen MR) is 488 cm³/mol. The van der Waals surface area contributed by atoms with E-state index in [1.165, 1.54) is 87.4 Å². The summed E-state index contributed by atoms with van der Waals surface area (Å²) in [5, 5.41) is 9.72. The third-order valence-electron chi connectivity index (χ3n) is 22.9. The first-order valence-electron chi connectivity index (χ1n) is 40.0. The van der Waals surface area contributed by atoms with Crippen LogP contribution in [0.3, 0.4) is 0 Å². The van der Waals surface area contributed by atoms with E-state index >= 15 is 0 Å². The van der Waals surface area contributed by atoms with Gasteiger partial charge in [-0.15, -0.1) is 0 Å². The van der Waals surface area contributed by atoms with Crippen molar-refractivity contribution in [2.24, 2.45) is 0 Å². The monoisotopic (exact) mass is 1510 g/mol. The normalized spacial score (nSPS) is 11.6. The molecule has 0 radical (unpaired) electrons. The summed E-state index contributed by atoms with van der Waals surface area (Å²) in [6.07, 6.45) is 0. The molecule has 0 bridgehead atoms. The Labute approximate surface area is 680 Å². The maximum Gasteiger partial charge on any atom is 0.164 e. The number of benzene rings is 17. The molecule has 0 aliphatic heterocycles. The molecular formula is C109H71N9. The van der Waals surface area contributed by atoms with Crippen molar-refractivity contribution in [2.75, 3.05) is 0 Å². The van der Waals surface area contributed by atoms with Crippen LogP contribution in [0.2, 0.25) is 0 Å². The van der Waals surface area contributed by atoms with E-state index < -0.39 is 0 Å². The molecular weight excluding hydrogens is 1440 g/mol. The number of nitrogens with zero attached hydrogens (tertiary/aromatic N) is 9. The Morgan fingerprint density at radius 1 is 0.153 bits per heavy atom. The molecule has 0 atom stereocenters. The Hall–Kier alpha value is -16.0. The summed E-state index contributed by atoms with van der Waals surface area (Å²) in [5.74, 6) is 2.62. The van der Waals surface area contributed by atoms with Gasteiger partial charge < -0.3 is 18.3 Å². The first-order valence-corrected chi connectivity index (χ1v) is 40.0. The highest BCUT2D eigenvalue weighted by atomic mass is 15.0. The number of aromatic nitrogens is 9. The molecule has 23 rings (SSSR count). The highest BCUT2D eigenvalue weighted by Crippen LogP contribution is 2.48. The van der Waals surface area contributed by atoms with E-state index in [1.807, 2.05) is 84.9 Å².